The topological polar surface area (TPSA) is 54.7 Å². The summed E-state index contributed by atoms with van der Waals surface area (Å²) in [6.07, 6.45) is 11.2. The molecule has 1 rings (SSSR count). The molecule has 0 bridgehead atoms. The lowest BCUT2D eigenvalue weighted by Crippen LogP contribution is -2.11. The molecule has 1 aromatic rings. The number of unbranched alkanes of at least 4 members (excludes halogenated alkanes) is 3. The first-order chi connectivity index (χ1) is 6.84. The Morgan fingerprint density at radius 1 is 1.50 bits per heavy atom. The summed E-state index contributed by atoms with van der Waals surface area (Å²) in [6, 6.07) is 0.0636. The van der Waals surface area contributed by atoms with Crippen LogP contribution in [-0.2, 0) is 0 Å². The minimum atomic E-state index is 0.0636. The second kappa shape index (κ2) is 6.38. The quantitative estimate of drug-likeness (QED) is 0.516. The zero-order valence-corrected chi connectivity index (χ0v) is 8.58. The SMILES string of the molecule is C=CCCCCCC(N)c1ncc[nH]1. The van der Waals surface area contributed by atoms with Gasteiger partial charge in [-0.15, -0.1) is 6.58 Å². The fourth-order valence-electron chi connectivity index (χ4n) is 1.45. The van der Waals surface area contributed by atoms with Crippen LogP contribution in [0.5, 0.6) is 0 Å². The predicted molar refractivity (Wildman–Crippen MR) is 58.8 cm³/mol. The molecule has 0 aromatic carbocycles. The van der Waals surface area contributed by atoms with Crippen molar-refractivity contribution in [1.82, 2.24) is 9.97 Å². The van der Waals surface area contributed by atoms with Crippen LogP contribution in [0.2, 0.25) is 0 Å². The monoisotopic (exact) mass is 193 g/mol. The number of aromatic amines is 1. The van der Waals surface area contributed by atoms with E-state index in [0.29, 0.717) is 0 Å². The summed E-state index contributed by atoms with van der Waals surface area (Å²) >= 11 is 0. The van der Waals surface area contributed by atoms with Crippen LogP contribution in [0.1, 0.15) is 44.0 Å². The van der Waals surface area contributed by atoms with Gasteiger partial charge in [-0.05, 0) is 19.3 Å². The molecule has 1 aromatic heterocycles. The second-order valence-corrected chi connectivity index (χ2v) is 3.51. The third-order valence-electron chi connectivity index (χ3n) is 2.29. The lowest BCUT2D eigenvalue weighted by Gasteiger charge is -2.07. The van der Waals surface area contributed by atoms with E-state index < -0.39 is 0 Å². The predicted octanol–water partition coefficient (Wildman–Crippen LogP) is 2.55. The second-order valence-electron chi connectivity index (χ2n) is 3.51. The van der Waals surface area contributed by atoms with Crippen LogP contribution >= 0.6 is 0 Å². The fourth-order valence-corrected chi connectivity index (χ4v) is 1.45. The van der Waals surface area contributed by atoms with Gasteiger partial charge in [-0.25, -0.2) is 4.98 Å². The van der Waals surface area contributed by atoms with Gasteiger partial charge in [-0.1, -0.05) is 18.9 Å². The van der Waals surface area contributed by atoms with Crippen molar-refractivity contribution < 1.29 is 0 Å². The molecule has 3 nitrogen and oxygen atoms in total. The molecular weight excluding hydrogens is 174 g/mol. The molecule has 0 spiro atoms. The number of H-pyrrole nitrogens is 1. The van der Waals surface area contributed by atoms with Crippen molar-refractivity contribution in [3.63, 3.8) is 0 Å². The lowest BCUT2D eigenvalue weighted by atomic mass is 10.1. The Balaban J connectivity index is 2.10. The van der Waals surface area contributed by atoms with E-state index in [1.54, 1.807) is 6.20 Å². The van der Waals surface area contributed by atoms with E-state index in [9.17, 15) is 0 Å². The third kappa shape index (κ3) is 3.75. The summed E-state index contributed by atoms with van der Waals surface area (Å²) < 4.78 is 0. The molecule has 1 unspecified atom stereocenters. The highest BCUT2D eigenvalue weighted by atomic mass is 14.9. The summed E-state index contributed by atoms with van der Waals surface area (Å²) in [6.45, 7) is 3.69. The molecule has 0 saturated heterocycles. The first kappa shape index (κ1) is 11.0. The summed E-state index contributed by atoms with van der Waals surface area (Å²) in [5, 5.41) is 0. The van der Waals surface area contributed by atoms with Gasteiger partial charge in [0.05, 0.1) is 6.04 Å². The van der Waals surface area contributed by atoms with Crippen molar-refractivity contribution in [3.05, 3.63) is 30.9 Å². The van der Waals surface area contributed by atoms with Crippen LogP contribution in [0, 0.1) is 0 Å². The van der Waals surface area contributed by atoms with Crippen molar-refractivity contribution in [1.29, 1.82) is 0 Å². The van der Waals surface area contributed by atoms with E-state index >= 15 is 0 Å². The maximum absolute atomic E-state index is 5.94. The van der Waals surface area contributed by atoms with Crippen LogP contribution in [-0.4, -0.2) is 9.97 Å². The molecule has 0 radical (unpaired) electrons. The van der Waals surface area contributed by atoms with Gasteiger partial charge in [0.2, 0.25) is 0 Å². The minimum Gasteiger partial charge on any atom is -0.347 e. The lowest BCUT2D eigenvalue weighted by molar-refractivity contribution is 0.555. The van der Waals surface area contributed by atoms with Crippen LogP contribution in [0.15, 0.2) is 25.0 Å². The van der Waals surface area contributed by atoms with Crippen LogP contribution in [0.4, 0.5) is 0 Å². The Kier molecular flexibility index (Phi) is 5.00. The fraction of sp³-hybridized carbons (Fsp3) is 0.545. The van der Waals surface area contributed by atoms with Gasteiger partial charge in [0.15, 0.2) is 0 Å². The molecule has 0 aliphatic carbocycles. The van der Waals surface area contributed by atoms with Crippen molar-refractivity contribution in [2.75, 3.05) is 0 Å². The van der Waals surface area contributed by atoms with Gasteiger partial charge in [0.25, 0.3) is 0 Å². The van der Waals surface area contributed by atoms with E-state index in [4.69, 9.17) is 5.73 Å². The number of nitrogens with zero attached hydrogens (tertiary/aromatic N) is 1. The number of imidazole rings is 1. The molecule has 0 aliphatic rings. The standard InChI is InChI=1S/C11H19N3/c1-2-3-4-5-6-7-10(12)11-13-8-9-14-11/h2,8-10H,1,3-7,12H2,(H,13,14). The zero-order valence-electron chi connectivity index (χ0n) is 8.58. The molecule has 14 heavy (non-hydrogen) atoms. The van der Waals surface area contributed by atoms with Gasteiger partial charge in [0.1, 0.15) is 5.82 Å². The molecule has 78 valence electrons. The summed E-state index contributed by atoms with van der Waals surface area (Å²) in [7, 11) is 0. The van der Waals surface area contributed by atoms with E-state index in [1.807, 2.05) is 12.3 Å². The number of hydrogen-bond donors (Lipinski definition) is 2. The average Bonchev–Trinajstić information content (AvgIpc) is 2.70. The Morgan fingerprint density at radius 3 is 3.00 bits per heavy atom. The molecule has 3 N–H and O–H groups in total. The molecule has 0 amide bonds. The van der Waals surface area contributed by atoms with Crippen molar-refractivity contribution in [2.45, 2.75) is 38.1 Å². The van der Waals surface area contributed by atoms with Gasteiger partial charge in [0, 0.05) is 12.4 Å². The smallest absolute Gasteiger partial charge is 0.123 e. The van der Waals surface area contributed by atoms with E-state index in [1.165, 1.54) is 12.8 Å². The molecule has 0 aliphatic heterocycles. The molecule has 0 fully saturated rings. The van der Waals surface area contributed by atoms with E-state index in [-0.39, 0.29) is 6.04 Å². The zero-order chi connectivity index (χ0) is 10.2. The van der Waals surface area contributed by atoms with E-state index in [2.05, 4.69) is 16.5 Å². The largest absolute Gasteiger partial charge is 0.347 e. The Bertz CT molecular complexity index is 241. The highest BCUT2D eigenvalue weighted by molar-refractivity contribution is 4.93. The van der Waals surface area contributed by atoms with Crippen LogP contribution < -0.4 is 5.73 Å². The average molecular weight is 193 g/mol. The first-order valence-corrected chi connectivity index (χ1v) is 5.20. The number of nitrogens with two attached hydrogens (primary N) is 1. The Labute approximate surface area is 85.4 Å². The van der Waals surface area contributed by atoms with Crippen LogP contribution in [0.25, 0.3) is 0 Å². The van der Waals surface area contributed by atoms with Crippen molar-refractivity contribution in [3.8, 4) is 0 Å². The third-order valence-corrected chi connectivity index (χ3v) is 2.29. The van der Waals surface area contributed by atoms with Gasteiger partial charge in [-0.3, -0.25) is 0 Å². The Hall–Kier alpha value is -1.09. The number of allylic oxidation sites excluding steroid dienone is 1. The maximum atomic E-state index is 5.94. The van der Waals surface area contributed by atoms with Crippen molar-refractivity contribution >= 4 is 0 Å². The molecular formula is C11H19N3. The summed E-state index contributed by atoms with van der Waals surface area (Å²) in [5.74, 6) is 0.897. The minimum absolute atomic E-state index is 0.0636. The highest BCUT2D eigenvalue weighted by Gasteiger charge is 2.06. The molecule has 1 atom stereocenters. The van der Waals surface area contributed by atoms with Gasteiger partial charge < -0.3 is 10.7 Å². The van der Waals surface area contributed by atoms with Gasteiger partial charge in [-0.2, -0.15) is 0 Å². The first-order valence-electron chi connectivity index (χ1n) is 5.20. The Morgan fingerprint density at radius 2 is 2.36 bits per heavy atom. The van der Waals surface area contributed by atoms with Gasteiger partial charge >= 0.3 is 0 Å². The number of hydrogen-bond acceptors (Lipinski definition) is 2. The van der Waals surface area contributed by atoms with E-state index in [0.717, 1.165) is 25.1 Å². The normalized spacial score (nSPS) is 12.6. The number of nitrogens with one attached hydrogen (secondary N) is 1. The highest BCUT2D eigenvalue weighted by Crippen LogP contribution is 2.13. The molecule has 0 saturated carbocycles. The summed E-state index contributed by atoms with van der Waals surface area (Å²) in [4.78, 5) is 7.17. The molecule has 3 heteroatoms. The molecule has 1 heterocycles. The maximum Gasteiger partial charge on any atom is 0.123 e. The number of aromatic nitrogens is 2. The van der Waals surface area contributed by atoms with Crippen LogP contribution in [0.3, 0.4) is 0 Å². The summed E-state index contributed by atoms with van der Waals surface area (Å²) in [5.41, 5.74) is 5.94. The number of rotatable bonds is 7. The van der Waals surface area contributed by atoms with Crippen molar-refractivity contribution in [2.24, 2.45) is 5.73 Å².